The molecule has 0 atom stereocenters. The Morgan fingerprint density at radius 2 is 1.33 bits per heavy atom. The van der Waals surface area contributed by atoms with Crippen LogP contribution in [0.5, 0.6) is 0 Å². The summed E-state index contributed by atoms with van der Waals surface area (Å²) in [5.41, 5.74) is 2.38. The maximum atomic E-state index is 11.0. The second kappa shape index (κ2) is 5.83. The number of nitrogens with zero attached hydrogens (tertiary/aromatic N) is 3. The van der Waals surface area contributed by atoms with Crippen LogP contribution in [0.2, 0.25) is 0 Å². The van der Waals surface area contributed by atoms with Crippen molar-refractivity contribution < 1.29 is 5.02 Å². The predicted molar refractivity (Wildman–Crippen MR) is 95.9 cm³/mol. The van der Waals surface area contributed by atoms with Crippen molar-refractivity contribution in [3.8, 4) is 11.1 Å². The van der Waals surface area contributed by atoms with E-state index in [0.717, 1.165) is 32.7 Å². The number of hydrogen-bond acceptors (Lipinski definition) is 5. The molecule has 0 aliphatic rings. The van der Waals surface area contributed by atoms with Crippen LogP contribution in [0.25, 0.3) is 32.7 Å². The first-order valence-electron chi connectivity index (χ1n) is 7.50. The molecule has 1 aromatic heterocycles. The third-order valence-electron chi connectivity index (χ3n) is 4.18. The standard InChI is InChI=1S/C18H12BN3O2/c23-19(22-24)18-15-7-3-1-5-13(15)17(12-9-20-11-21-10-12)14-6-2-4-8-16(14)18/h1-11,23H. The van der Waals surface area contributed by atoms with E-state index in [1.165, 1.54) is 6.33 Å². The summed E-state index contributed by atoms with van der Waals surface area (Å²) in [4.78, 5) is 19.3. The molecule has 0 saturated heterocycles. The van der Waals surface area contributed by atoms with E-state index < -0.39 is 7.05 Å². The molecule has 0 radical (unpaired) electrons. The van der Waals surface area contributed by atoms with E-state index in [-0.39, 0.29) is 0 Å². The van der Waals surface area contributed by atoms with E-state index >= 15 is 0 Å². The second-order valence-electron chi connectivity index (χ2n) is 5.49. The summed E-state index contributed by atoms with van der Waals surface area (Å²) in [6.07, 6.45) is 5.01. The minimum Gasteiger partial charge on any atom is -0.425 e. The Hall–Kier alpha value is -3.12. The van der Waals surface area contributed by atoms with E-state index in [9.17, 15) is 9.93 Å². The van der Waals surface area contributed by atoms with Crippen molar-refractivity contribution in [2.24, 2.45) is 5.09 Å². The summed E-state index contributed by atoms with van der Waals surface area (Å²) >= 11 is 0. The molecule has 0 aliphatic heterocycles. The zero-order valence-corrected chi connectivity index (χ0v) is 12.6. The van der Waals surface area contributed by atoms with Crippen LogP contribution in [-0.4, -0.2) is 22.0 Å². The van der Waals surface area contributed by atoms with Crippen molar-refractivity contribution in [1.82, 2.24) is 9.97 Å². The Bertz CT molecular complexity index is 997. The minimum absolute atomic E-state index is 0.525. The molecule has 0 unspecified atom stereocenters. The predicted octanol–water partition coefficient (Wildman–Crippen LogP) is 2.90. The van der Waals surface area contributed by atoms with Crippen molar-refractivity contribution in [2.45, 2.75) is 0 Å². The number of hydrogen-bond donors (Lipinski definition) is 1. The van der Waals surface area contributed by atoms with Gasteiger partial charge in [-0.15, -0.1) is 0 Å². The van der Waals surface area contributed by atoms with E-state index in [1.807, 2.05) is 48.5 Å². The Morgan fingerprint density at radius 3 is 1.83 bits per heavy atom. The highest BCUT2D eigenvalue weighted by Crippen LogP contribution is 2.34. The van der Waals surface area contributed by atoms with Gasteiger partial charge in [0.05, 0.1) is 0 Å². The lowest BCUT2D eigenvalue weighted by molar-refractivity contribution is 0.588. The number of fused-ring (bicyclic) bond motifs is 2. The SMILES string of the molecule is O=NB(O)c1c2ccccc2c(-c2cncnc2)c2ccccc12. The van der Waals surface area contributed by atoms with Crippen LogP contribution in [-0.2, 0) is 0 Å². The lowest BCUT2D eigenvalue weighted by Crippen LogP contribution is -2.29. The first-order chi connectivity index (χ1) is 11.8. The molecule has 114 valence electrons. The summed E-state index contributed by atoms with van der Waals surface area (Å²) in [6, 6.07) is 15.3. The highest BCUT2D eigenvalue weighted by molar-refractivity contribution is 6.70. The molecular formula is C18H12BN3O2. The first-order valence-corrected chi connectivity index (χ1v) is 7.50. The van der Waals surface area contributed by atoms with Crippen molar-refractivity contribution in [2.75, 3.05) is 0 Å². The zero-order valence-electron chi connectivity index (χ0n) is 12.6. The molecular weight excluding hydrogens is 301 g/mol. The number of benzene rings is 3. The van der Waals surface area contributed by atoms with Crippen molar-refractivity contribution in [3.63, 3.8) is 0 Å². The molecule has 1 N–H and O–H groups in total. The number of aromatic nitrogens is 2. The van der Waals surface area contributed by atoms with Gasteiger partial charge in [0.1, 0.15) is 6.33 Å². The first kappa shape index (κ1) is 14.5. The molecule has 5 nitrogen and oxygen atoms in total. The molecule has 4 aromatic rings. The fourth-order valence-corrected chi connectivity index (χ4v) is 3.23. The summed E-state index contributed by atoms with van der Waals surface area (Å²) in [6.45, 7) is 0. The molecule has 1 heterocycles. The number of nitroso groups, excluding NO2 is 1. The molecule has 0 amide bonds. The molecule has 0 fully saturated rings. The lowest BCUT2D eigenvalue weighted by Gasteiger charge is -2.16. The highest BCUT2D eigenvalue weighted by atomic mass is 16.3. The minimum atomic E-state index is -1.42. The zero-order chi connectivity index (χ0) is 16.5. The molecule has 24 heavy (non-hydrogen) atoms. The largest absolute Gasteiger partial charge is 0.518 e. The van der Waals surface area contributed by atoms with Gasteiger partial charge < -0.3 is 5.02 Å². The van der Waals surface area contributed by atoms with Gasteiger partial charge in [-0.2, -0.15) is 4.91 Å². The fourth-order valence-electron chi connectivity index (χ4n) is 3.23. The average molecular weight is 313 g/mol. The molecule has 6 heteroatoms. The summed E-state index contributed by atoms with van der Waals surface area (Å²) in [7, 11) is -1.42. The summed E-state index contributed by atoms with van der Waals surface area (Å²) in [5, 5.41) is 16.5. The van der Waals surface area contributed by atoms with E-state index in [0.29, 0.717) is 5.46 Å². The van der Waals surface area contributed by atoms with Crippen molar-refractivity contribution in [3.05, 3.63) is 72.2 Å². The Morgan fingerprint density at radius 1 is 0.833 bits per heavy atom. The van der Waals surface area contributed by atoms with Crippen LogP contribution in [0.1, 0.15) is 0 Å². The van der Waals surface area contributed by atoms with Gasteiger partial charge in [-0.1, -0.05) is 53.6 Å². The van der Waals surface area contributed by atoms with E-state index in [4.69, 9.17) is 0 Å². The Labute approximate surface area is 138 Å². The smallest absolute Gasteiger partial charge is 0.425 e. The van der Waals surface area contributed by atoms with Gasteiger partial charge in [0.15, 0.2) is 0 Å². The van der Waals surface area contributed by atoms with Crippen LogP contribution in [0.4, 0.5) is 0 Å². The Kier molecular flexibility index (Phi) is 3.51. The molecule has 3 aromatic carbocycles. The lowest BCUT2D eigenvalue weighted by atomic mass is 9.69. The van der Waals surface area contributed by atoms with Gasteiger partial charge in [-0.25, -0.2) is 9.97 Å². The van der Waals surface area contributed by atoms with Crippen LogP contribution in [0.3, 0.4) is 0 Å². The Balaban J connectivity index is 2.26. The van der Waals surface area contributed by atoms with Crippen molar-refractivity contribution >= 4 is 34.1 Å². The quantitative estimate of drug-likeness (QED) is 0.358. The highest BCUT2D eigenvalue weighted by Gasteiger charge is 2.24. The van der Waals surface area contributed by atoms with Gasteiger partial charge in [0.25, 0.3) is 0 Å². The molecule has 0 saturated carbocycles. The van der Waals surface area contributed by atoms with Gasteiger partial charge in [0.2, 0.25) is 0 Å². The molecule has 0 spiro atoms. The van der Waals surface area contributed by atoms with Crippen LogP contribution >= 0.6 is 0 Å². The maximum Gasteiger partial charge on any atom is 0.518 e. The monoisotopic (exact) mass is 313 g/mol. The number of rotatable bonds is 3. The molecule has 0 bridgehead atoms. The molecule has 4 rings (SSSR count). The maximum absolute atomic E-state index is 11.0. The summed E-state index contributed by atoms with van der Waals surface area (Å²) < 4.78 is 0. The topological polar surface area (TPSA) is 75.4 Å². The fraction of sp³-hybridized carbons (Fsp3) is 0. The van der Waals surface area contributed by atoms with Gasteiger partial charge in [-0.3, -0.25) is 0 Å². The van der Waals surface area contributed by atoms with Gasteiger partial charge >= 0.3 is 7.05 Å². The third-order valence-corrected chi connectivity index (χ3v) is 4.18. The average Bonchev–Trinajstić information content (AvgIpc) is 2.66. The molecule has 0 aliphatic carbocycles. The van der Waals surface area contributed by atoms with Crippen LogP contribution in [0, 0.1) is 4.91 Å². The summed E-state index contributed by atoms with van der Waals surface area (Å²) in [5.74, 6) is 0. The van der Waals surface area contributed by atoms with Crippen molar-refractivity contribution in [1.29, 1.82) is 0 Å². The van der Waals surface area contributed by atoms with Crippen LogP contribution in [0.15, 0.2) is 72.3 Å². The van der Waals surface area contributed by atoms with E-state index in [1.54, 1.807) is 12.4 Å². The second-order valence-corrected chi connectivity index (χ2v) is 5.49. The van der Waals surface area contributed by atoms with Gasteiger partial charge in [-0.05, 0) is 27.0 Å². The van der Waals surface area contributed by atoms with Crippen LogP contribution < -0.4 is 5.46 Å². The van der Waals surface area contributed by atoms with E-state index in [2.05, 4.69) is 15.1 Å². The normalized spacial score (nSPS) is 10.9. The van der Waals surface area contributed by atoms with Gasteiger partial charge in [0, 0.05) is 23.5 Å². The third kappa shape index (κ3) is 2.16.